The molecule has 0 aromatic heterocycles. The molecule has 0 aromatic carbocycles. The van der Waals surface area contributed by atoms with Gasteiger partial charge in [0.05, 0.1) is 12.9 Å². The molecule has 0 saturated heterocycles. The van der Waals surface area contributed by atoms with Crippen LogP contribution in [0.2, 0.25) is 0 Å². The molecule has 0 amide bonds. The van der Waals surface area contributed by atoms with Crippen molar-refractivity contribution in [2.45, 2.75) is 19.8 Å². The van der Waals surface area contributed by atoms with Gasteiger partial charge in [-0.25, -0.2) is 0 Å². The van der Waals surface area contributed by atoms with Crippen LogP contribution in [0.15, 0.2) is 11.3 Å². The summed E-state index contributed by atoms with van der Waals surface area (Å²) in [5.41, 5.74) is 1.68. The van der Waals surface area contributed by atoms with Crippen LogP contribution in [-0.2, 0) is 4.74 Å². The molecule has 60 valence electrons. The van der Waals surface area contributed by atoms with E-state index in [9.17, 15) is 0 Å². The number of allylic oxidation sites excluding steroid dienone is 2. The molecule has 1 nitrogen and oxygen atoms in total. The Hall–Kier alpha value is -0.460. The molecule has 0 aromatic rings. The summed E-state index contributed by atoms with van der Waals surface area (Å²) >= 11 is 0. The van der Waals surface area contributed by atoms with E-state index in [4.69, 9.17) is 4.74 Å². The van der Waals surface area contributed by atoms with E-state index >= 15 is 0 Å². The average molecular weight is 150 g/mol. The Morgan fingerprint density at radius 2 is 2.00 bits per heavy atom. The van der Waals surface area contributed by atoms with E-state index < -0.39 is 0 Å². The predicted molar refractivity (Wildman–Crippen MR) is 42.9 cm³/mol. The van der Waals surface area contributed by atoms with Crippen molar-refractivity contribution >= 4 is 0 Å². The van der Waals surface area contributed by atoms with Crippen LogP contribution in [0.25, 0.3) is 0 Å². The highest BCUT2D eigenvalue weighted by atomic mass is 16.5. The van der Waals surface area contributed by atoms with Gasteiger partial charge in [0.25, 0.3) is 0 Å². The van der Waals surface area contributed by atoms with Gasteiger partial charge in [0, 0.05) is 0 Å². The highest BCUT2D eigenvalue weighted by Gasteiger charge is 2.66. The van der Waals surface area contributed by atoms with Crippen molar-refractivity contribution in [3.8, 4) is 0 Å². The standard InChI is InChI=1S/C10H14O/c1-5(11-2)9-6-3-7-8(4-6)10(7)9/h6-8,10H,3-4H2,1-2H3. The number of rotatable bonds is 1. The van der Waals surface area contributed by atoms with E-state index in [-0.39, 0.29) is 0 Å². The zero-order valence-corrected chi connectivity index (χ0v) is 7.13. The second-order valence-electron chi connectivity index (χ2n) is 4.24. The minimum atomic E-state index is 0.926. The van der Waals surface area contributed by atoms with Crippen molar-refractivity contribution in [3.63, 3.8) is 0 Å². The molecule has 0 spiro atoms. The maximum atomic E-state index is 5.31. The molecule has 0 N–H and O–H groups in total. The maximum absolute atomic E-state index is 5.31. The quantitative estimate of drug-likeness (QED) is 0.521. The molecule has 11 heavy (non-hydrogen) atoms. The Kier molecular flexibility index (Phi) is 0.915. The Balaban J connectivity index is 2.02. The van der Waals surface area contributed by atoms with Crippen molar-refractivity contribution in [3.05, 3.63) is 11.3 Å². The number of ether oxygens (including phenoxy) is 1. The highest BCUT2D eigenvalue weighted by Crippen LogP contribution is 2.73. The SMILES string of the molecule is COC(C)=C1C2CC3C(C2)C13. The van der Waals surface area contributed by atoms with Crippen molar-refractivity contribution in [2.24, 2.45) is 23.7 Å². The average Bonchev–Trinajstić information content (AvgIpc) is 2.47. The number of methoxy groups -OCH3 is 1. The van der Waals surface area contributed by atoms with Crippen LogP contribution in [0.4, 0.5) is 0 Å². The molecule has 4 aliphatic carbocycles. The van der Waals surface area contributed by atoms with E-state index in [1.54, 1.807) is 12.7 Å². The van der Waals surface area contributed by atoms with Gasteiger partial charge in [0.15, 0.2) is 0 Å². The molecule has 2 atom stereocenters. The second kappa shape index (κ2) is 1.65. The summed E-state index contributed by atoms with van der Waals surface area (Å²) < 4.78 is 5.31. The van der Waals surface area contributed by atoms with Gasteiger partial charge in [-0.2, -0.15) is 0 Å². The van der Waals surface area contributed by atoms with E-state index in [0.29, 0.717) is 0 Å². The van der Waals surface area contributed by atoms with Crippen LogP contribution in [0.3, 0.4) is 0 Å². The van der Waals surface area contributed by atoms with E-state index in [0.717, 1.165) is 23.7 Å². The van der Waals surface area contributed by atoms with Gasteiger partial charge < -0.3 is 4.74 Å². The molecule has 4 aliphatic rings. The molecule has 4 saturated carbocycles. The Morgan fingerprint density at radius 3 is 2.36 bits per heavy atom. The summed E-state index contributed by atoms with van der Waals surface area (Å²) in [5, 5.41) is 0. The van der Waals surface area contributed by atoms with Gasteiger partial charge >= 0.3 is 0 Å². The van der Waals surface area contributed by atoms with Gasteiger partial charge in [0.1, 0.15) is 0 Å². The van der Waals surface area contributed by atoms with Crippen LogP contribution in [0, 0.1) is 23.7 Å². The first-order valence-corrected chi connectivity index (χ1v) is 4.57. The fourth-order valence-corrected chi connectivity index (χ4v) is 3.47. The lowest BCUT2D eigenvalue weighted by molar-refractivity contribution is 0.284. The summed E-state index contributed by atoms with van der Waals surface area (Å²) in [4.78, 5) is 0. The Morgan fingerprint density at radius 1 is 1.36 bits per heavy atom. The predicted octanol–water partition coefficient (Wildman–Crippen LogP) is 2.19. The first-order chi connectivity index (χ1) is 5.33. The Bertz CT molecular complexity index is 225. The van der Waals surface area contributed by atoms with Gasteiger partial charge in [-0.1, -0.05) is 0 Å². The van der Waals surface area contributed by atoms with Crippen molar-refractivity contribution in [1.29, 1.82) is 0 Å². The maximum Gasteiger partial charge on any atom is 0.0922 e. The van der Waals surface area contributed by atoms with Crippen LogP contribution in [0.5, 0.6) is 0 Å². The minimum Gasteiger partial charge on any atom is -0.501 e. The lowest BCUT2D eigenvalue weighted by Gasteiger charge is -2.08. The molecular formula is C10H14O. The third-order valence-electron chi connectivity index (χ3n) is 3.96. The molecule has 0 heterocycles. The summed E-state index contributed by atoms with van der Waals surface area (Å²) in [6.07, 6.45) is 2.96. The molecular weight excluding hydrogens is 136 g/mol. The third kappa shape index (κ3) is 0.545. The van der Waals surface area contributed by atoms with Crippen LogP contribution < -0.4 is 0 Å². The summed E-state index contributed by atoms with van der Waals surface area (Å²) in [6, 6.07) is 0. The minimum absolute atomic E-state index is 0.926. The van der Waals surface area contributed by atoms with E-state index in [1.165, 1.54) is 18.6 Å². The largest absolute Gasteiger partial charge is 0.501 e. The lowest BCUT2D eigenvalue weighted by atomic mass is 10.0. The smallest absolute Gasteiger partial charge is 0.0922 e. The molecule has 4 bridgehead atoms. The molecule has 0 aliphatic heterocycles. The third-order valence-corrected chi connectivity index (χ3v) is 3.96. The summed E-state index contributed by atoms with van der Waals surface area (Å²) in [7, 11) is 1.80. The lowest BCUT2D eigenvalue weighted by Crippen LogP contribution is -1.95. The number of hydrogen-bond acceptors (Lipinski definition) is 1. The van der Waals surface area contributed by atoms with Gasteiger partial charge in [-0.05, 0) is 49.0 Å². The second-order valence-corrected chi connectivity index (χ2v) is 4.24. The zero-order chi connectivity index (χ0) is 7.59. The van der Waals surface area contributed by atoms with Crippen LogP contribution in [-0.4, -0.2) is 7.11 Å². The van der Waals surface area contributed by atoms with Crippen LogP contribution >= 0.6 is 0 Å². The van der Waals surface area contributed by atoms with Gasteiger partial charge in [-0.3, -0.25) is 0 Å². The highest BCUT2D eigenvalue weighted by molar-refractivity contribution is 5.36. The molecule has 4 fully saturated rings. The summed E-state index contributed by atoms with van der Waals surface area (Å²) in [5.74, 6) is 5.29. The normalized spacial score (nSPS) is 54.7. The van der Waals surface area contributed by atoms with Crippen molar-refractivity contribution in [2.75, 3.05) is 7.11 Å². The fourth-order valence-electron chi connectivity index (χ4n) is 3.47. The molecule has 0 radical (unpaired) electrons. The Labute approximate surface area is 67.4 Å². The van der Waals surface area contributed by atoms with Gasteiger partial charge in [0.2, 0.25) is 0 Å². The first kappa shape index (κ1) is 6.10. The summed E-state index contributed by atoms with van der Waals surface area (Å²) in [6.45, 7) is 2.13. The molecule has 1 heteroatoms. The molecule has 4 rings (SSSR count). The van der Waals surface area contributed by atoms with Crippen LogP contribution in [0.1, 0.15) is 19.8 Å². The zero-order valence-electron chi connectivity index (χ0n) is 7.13. The fraction of sp³-hybridized carbons (Fsp3) is 0.800. The van der Waals surface area contributed by atoms with Gasteiger partial charge in [-0.15, -0.1) is 0 Å². The first-order valence-electron chi connectivity index (χ1n) is 4.57. The van der Waals surface area contributed by atoms with Crippen molar-refractivity contribution in [1.82, 2.24) is 0 Å². The monoisotopic (exact) mass is 150 g/mol. The topological polar surface area (TPSA) is 9.23 Å². The van der Waals surface area contributed by atoms with E-state index in [2.05, 4.69) is 6.92 Å². The van der Waals surface area contributed by atoms with Crippen molar-refractivity contribution < 1.29 is 4.74 Å². The number of hydrogen-bond donors (Lipinski definition) is 0. The molecule has 2 unspecified atom stereocenters. The van der Waals surface area contributed by atoms with E-state index in [1.807, 2.05) is 0 Å².